The fourth-order valence-electron chi connectivity index (χ4n) is 8.26. The van der Waals surface area contributed by atoms with Crippen molar-refractivity contribution >= 4 is 89.0 Å². The van der Waals surface area contributed by atoms with Crippen molar-refractivity contribution in [2.24, 2.45) is 0 Å². The van der Waals surface area contributed by atoms with Gasteiger partial charge >= 0.3 is 0 Å². The summed E-state index contributed by atoms with van der Waals surface area (Å²) in [5, 5.41) is 7.26. The second-order valence-electron chi connectivity index (χ2n) is 13.3. The first-order chi connectivity index (χ1) is 21.0. The Morgan fingerprint density at radius 1 is 0.628 bits per heavy atom. The van der Waals surface area contributed by atoms with Crippen LogP contribution >= 0.6 is 0 Å². The number of hydrogen-bond acceptors (Lipinski definition) is 2. The molecule has 0 saturated heterocycles. The summed E-state index contributed by atoms with van der Waals surface area (Å²) in [5.41, 5.74) is 13.1. The van der Waals surface area contributed by atoms with Gasteiger partial charge < -0.3 is 18.0 Å². The summed E-state index contributed by atoms with van der Waals surface area (Å²) in [5.74, 6) is 0.598. The number of fused-ring (bicyclic) bond motifs is 16. The number of hydrogen-bond donors (Lipinski definition) is 0. The van der Waals surface area contributed by atoms with Gasteiger partial charge in [0, 0.05) is 32.6 Å². The van der Waals surface area contributed by atoms with Crippen LogP contribution in [0.2, 0.25) is 0 Å². The Hall–Kier alpha value is -5.16. The molecule has 0 spiro atoms. The van der Waals surface area contributed by atoms with Crippen LogP contribution in [-0.2, 0) is 5.41 Å². The number of nitrogens with zero attached hydrogens (tertiary/aromatic N) is 2. The van der Waals surface area contributed by atoms with Crippen LogP contribution < -0.4 is 16.6 Å². The molecule has 9 aromatic rings. The Kier molecular flexibility index (Phi) is 3.69. The van der Waals surface area contributed by atoms with Crippen LogP contribution in [0.3, 0.4) is 0 Å². The summed E-state index contributed by atoms with van der Waals surface area (Å²) in [7, 11) is 0. The fourth-order valence-corrected chi connectivity index (χ4v) is 8.26. The van der Waals surface area contributed by atoms with Gasteiger partial charge in [0.05, 0.1) is 33.1 Å². The van der Waals surface area contributed by atoms with E-state index >= 15 is 0 Å². The molecule has 0 fully saturated rings. The van der Waals surface area contributed by atoms with E-state index in [0.29, 0.717) is 5.78 Å². The third-order valence-corrected chi connectivity index (χ3v) is 10.1. The number of para-hydroxylation sites is 3. The smallest absolute Gasteiger partial charge is 0.299 e. The highest BCUT2D eigenvalue weighted by Gasteiger charge is 2.45. The molecule has 0 radical (unpaired) electrons. The van der Waals surface area contributed by atoms with Crippen molar-refractivity contribution in [3.05, 3.63) is 103 Å². The molecule has 11 rings (SSSR count). The normalized spacial score (nSPS) is 13.9. The van der Waals surface area contributed by atoms with E-state index in [2.05, 4.69) is 115 Å². The lowest BCUT2D eigenvalue weighted by molar-refractivity contribution is 0.516. The maximum absolute atomic E-state index is 6.92. The molecule has 0 unspecified atom stereocenters. The number of aromatic nitrogens is 2. The summed E-state index contributed by atoms with van der Waals surface area (Å²) < 4.78 is 18.3. The summed E-state index contributed by atoms with van der Waals surface area (Å²) in [6.07, 6.45) is 0. The van der Waals surface area contributed by atoms with Crippen LogP contribution in [0.15, 0.2) is 106 Å². The van der Waals surface area contributed by atoms with Crippen LogP contribution in [0.4, 0.5) is 0 Å². The van der Waals surface area contributed by atoms with Gasteiger partial charge in [0.25, 0.3) is 12.5 Å². The first-order valence-corrected chi connectivity index (χ1v) is 15.1. The summed E-state index contributed by atoms with van der Waals surface area (Å²) in [6, 6.07) is 35.5. The van der Waals surface area contributed by atoms with E-state index in [1.807, 2.05) is 12.1 Å². The third kappa shape index (κ3) is 2.46. The molecular weight excluding hydrogens is 527 g/mol. The lowest BCUT2D eigenvalue weighted by Gasteiger charge is -2.32. The fraction of sp³-hybridized carbons (Fsp3) is 0.105. The van der Waals surface area contributed by atoms with E-state index in [1.165, 1.54) is 65.8 Å². The SMILES string of the molecule is CC(C)(C)c1ccc2c(c1)B1c3oc4oc5ccccc5c4c3-n3c4ccccc4c4cc5c6ccccc6n-2c5c1c43. The molecule has 0 saturated carbocycles. The highest BCUT2D eigenvalue weighted by molar-refractivity contribution is 7.00. The third-order valence-electron chi connectivity index (χ3n) is 10.1. The lowest BCUT2D eigenvalue weighted by atomic mass is 9.36. The molecule has 202 valence electrons. The van der Waals surface area contributed by atoms with Crippen LogP contribution in [0.5, 0.6) is 0 Å². The second-order valence-corrected chi connectivity index (χ2v) is 13.3. The standard InChI is InChI=1S/C38H25BN2O2/c1-38(2,3)20-16-17-29-26(18-20)39-32-33-24(21-10-4-7-13-27(21)40(29)33)19-25-22-11-5-8-14-28(22)41(34(25)32)35-31-23-12-6-9-15-30(23)42-37(31)43-36(35)39/h4-19H,1-3H3. The predicted molar refractivity (Wildman–Crippen MR) is 178 cm³/mol. The first-order valence-electron chi connectivity index (χ1n) is 15.1. The zero-order chi connectivity index (χ0) is 28.4. The lowest BCUT2D eigenvalue weighted by Crippen LogP contribution is -2.59. The van der Waals surface area contributed by atoms with Gasteiger partial charge in [-0.2, -0.15) is 0 Å². The van der Waals surface area contributed by atoms with E-state index in [0.717, 1.165) is 27.7 Å². The molecule has 4 aromatic heterocycles. The zero-order valence-electron chi connectivity index (χ0n) is 24.0. The number of furan rings is 2. The van der Waals surface area contributed by atoms with Gasteiger partial charge in [-0.3, -0.25) is 0 Å². The van der Waals surface area contributed by atoms with Crippen LogP contribution in [0.1, 0.15) is 26.3 Å². The van der Waals surface area contributed by atoms with Gasteiger partial charge in [-0.05, 0) is 52.2 Å². The topological polar surface area (TPSA) is 36.1 Å². The summed E-state index contributed by atoms with van der Waals surface area (Å²) >= 11 is 0. The molecule has 0 N–H and O–H groups in total. The zero-order valence-corrected chi connectivity index (χ0v) is 24.0. The van der Waals surface area contributed by atoms with Gasteiger partial charge in [-0.25, -0.2) is 0 Å². The number of rotatable bonds is 0. The average molecular weight is 552 g/mol. The van der Waals surface area contributed by atoms with E-state index in [9.17, 15) is 0 Å². The van der Waals surface area contributed by atoms with Gasteiger partial charge in [0.2, 0.25) is 0 Å². The first kappa shape index (κ1) is 22.4. The minimum atomic E-state index is -0.0616. The molecule has 5 aromatic carbocycles. The summed E-state index contributed by atoms with van der Waals surface area (Å²) in [4.78, 5) is 0. The quantitative estimate of drug-likeness (QED) is 0.180. The Bertz CT molecular complexity index is 2730. The molecular formula is C38H25BN2O2. The van der Waals surface area contributed by atoms with E-state index < -0.39 is 0 Å². The van der Waals surface area contributed by atoms with Crippen molar-refractivity contribution < 1.29 is 8.83 Å². The molecule has 43 heavy (non-hydrogen) atoms. The van der Waals surface area contributed by atoms with Crippen molar-refractivity contribution in [1.82, 2.24) is 9.13 Å². The summed E-state index contributed by atoms with van der Waals surface area (Å²) in [6.45, 7) is 6.82. The van der Waals surface area contributed by atoms with E-state index in [-0.39, 0.29) is 12.1 Å². The van der Waals surface area contributed by atoms with Crippen molar-refractivity contribution in [3.8, 4) is 11.4 Å². The maximum atomic E-state index is 6.92. The van der Waals surface area contributed by atoms with E-state index in [1.54, 1.807) is 0 Å². The molecule has 0 aliphatic carbocycles. The molecule has 6 heterocycles. The second kappa shape index (κ2) is 7.07. The molecule has 0 atom stereocenters. The van der Waals surface area contributed by atoms with Crippen molar-refractivity contribution in [1.29, 1.82) is 0 Å². The minimum Gasteiger partial charge on any atom is -0.437 e. The highest BCUT2D eigenvalue weighted by atomic mass is 16.5. The largest absolute Gasteiger partial charge is 0.437 e. The number of benzene rings is 5. The highest BCUT2D eigenvalue weighted by Crippen LogP contribution is 2.45. The Morgan fingerprint density at radius 2 is 1.28 bits per heavy atom. The monoisotopic (exact) mass is 552 g/mol. The van der Waals surface area contributed by atoms with Crippen molar-refractivity contribution in [2.45, 2.75) is 26.2 Å². The minimum absolute atomic E-state index is 0.00869. The maximum Gasteiger partial charge on any atom is 0.299 e. The van der Waals surface area contributed by atoms with Gasteiger partial charge in [0.15, 0.2) is 0 Å². The molecule has 4 nitrogen and oxygen atoms in total. The van der Waals surface area contributed by atoms with Crippen LogP contribution in [-0.4, -0.2) is 15.8 Å². The Labute approximate surface area is 246 Å². The Morgan fingerprint density at radius 3 is 2.02 bits per heavy atom. The molecule has 0 amide bonds. The van der Waals surface area contributed by atoms with E-state index in [4.69, 9.17) is 8.83 Å². The van der Waals surface area contributed by atoms with Crippen LogP contribution in [0.25, 0.3) is 77.1 Å². The van der Waals surface area contributed by atoms with Gasteiger partial charge in [0.1, 0.15) is 11.2 Å². The van der Waals surface area contributed by atoms with Gasteiger partial charge in [-0.15, -0.1) is 0 Å². The molecule has 0 bridgehead atoms. The molecule has 2 aliphatic heterocycles. The molecule has 2 aliphatic rings. The predicted octanol–water partition coefficient (Wildman–Crippen LogP) is 7.81. The average Bonchev–Trinajstić information content (AvgIpc) is 3.75. The van der Waals surface area contributed by atoms with Crippen molar-refractivity contribution in [3.63, 3.8) is 0 Å². The van der Waals surface area contributed by atoms with Gasteiger partial charge in [-0.1, -0.05) is 87.5 Å². The Balaban J connectivity index is 1.46. The van der Waals surface area contributed by atoms with Crippen LogP contribution in [0, 0.1) is 0 Å². The van der Waals surface area contributed by atoms with Crippen molar-refractivity contribution in [2.75, 3.05) is 0 Å². The molecule has 5 heteroatoms.